The van der Waals surface area contributed by atoms with Crippen LogP contribution in [-0.4, -0.2) is 30.0 Å². The van der Waals surface area contributed by atoms with Gasteiger partial charge in [0.15, 0.2) is 5.75 Å². The largest absolute Gasteiger partial charge is 0.493 e. The molecule has 0 saturated carbocycles. The number of hydrogen-bond donors (Lipinski definition) is 1. The topological polar surface area (TPSA) is 39.1 Å². The number of ether oxygens (including phenoxy) is 1. The molecule has 0 radical (unpaired) electrons. The molecule has 18 heavy (non-hydrogen) atoms. The Morgan fingerprint density at radius 2 is 2.11 bits per heavy atom. The summed E-state index contributed by atoms with van der Waals surface area (Å²) in [6.07, 6.45) is 3.99. The number of aromatic nitrogens is 2. The highest BCUT2D eigenvalue weighted by Gasteiger charge is 2.28. The van der Waals surface area contributed by atoms with Gasteiger partial charge in [0.25, 0.3) is 0 Å². The molecule has 0 aliphatic heterocycles. The van der Waals surface area contributed by atoms with E-state index in [1.165, 1.54) is 5.69 Å². The molecule has 0 atom stereocenters. The van der Waals surface area contributed by atoms with Gasteiger partial charge >= 0.3 is 0 Å². The van der Waals surface area contributed by atoms with Crippen molar-refractivity contribution in [3.05, 3.63) is 11.9 Å². The number of aryl methyl sites for hydroxylation is 1. The maximum Gasteiger partial charge on any atom is 0.160 e. The molecule has 104 valence electrons. The highest BCUT2D eigenvalue weighted by atomic mass is 16.5. The third kappa shape index (κ3) is 3.48. The zero-order valence-corrected chi connectivity index (χ0v) is 12.4. The van der Waals surface area contributed by atoms with Gasteiger partial charge in [-0.2, -0.15) is 5.10 Å². The van der Waals surface area contributed by atoms with Crippen molar-refractivity contribution in [3.63, 3.8) is 0 Å². The zero-order chi connectivity index (χ0) is 13.6. The number of nitrogens with zero attached hydrogens (tertiary/aromatic N) is 2. The van der Waals surface area contributed by atoms with E-state index in [1.54, 1.807) is 7.11 Å². The van der Waals surface area contributed by atoms with Gasteiger partial charge in [-0.05, 0) is 25.9 Å². The maximum atomic E-state index is 5.46. The smallest absolute Gasteiger partial charge is 0.160 e. The zero-order valence-electron chi connectivity index (χ0n) is 12.4. The molecule has 0 aliphatic carbocycles. The molecule has 4 heteroatoms. The van der Waals surface area contributed by atoms with E-state index in [9.17, 15) is 0 Å². The van der Waals surface area contributed by atoms with E-state index in [-0.39, 0.29) is 5.41 Å². The van der Waals surface area contributed by atoms with Crippen molar-refractivity contribution in [2.24, 2.45) is 0 Å². The maximum absolute atomic E-state index is 5.46. The van der Waals surface area contributed by atoms with Crippen LogP contribution >= 0.6 is 0 Å². The monoisotopic (exact) mass is 253 g/mol. The van der Waals surface area contributed by atoms with Crippen molar-refractivity contribution in [2.45, 2.75) is 52.5 Å². The summed E-state index contributed by atoms with van der Waals surface area (Å²) in [6, 6.07) is 0. The molecule has 0 aromatic carbocycles. The summed E-state index contributed by atoms with van der Waals surface area (Å²) in [5.74, 6) is 0.907. The number of nitrogens with one attached hydrogen (secondary N) is 1. The first-order valence-corrected chi connectivity index (χ1v) is 6.87. The minimum atomic E-state index is 0.0686. The number of rotatable bonds is 8. The van der Waals surface area contributed by atoms with Crippen LogP contribution in [0.2, 0.25) is 0 Å². The summed E-state index contributed by atoms with van der Waals surface area (Å²) < 4.78 is 7.55. The lowest BCUT2D eigenvalue weighted by atomic mass is 9.85. The van der Waals surface area contributed by atoms with Gasteiger partial charge in [0.05, 0.1) is 19.0 Å². The van der Waals surface area contributed by atoms with Crippen LogP contribution in [-0.2, 0) is 12.0 Å². The Hall–Kier alpha value is -1.03. The van der Waals surface area contributed by atoms with E-state index < -0.39 is 0 Å². The van der Waals surface area contributed by atoms with Crippen LogP contribution in [0.25, 0.3) is 0 Å². The first-order chi connectivity index (χ1) is 8.56. The normalized spacial score (nSPS) is 11.8. The average molecular weight is 253 g/mol. The van der Waals surface area contributed by atoms with Crippen LogP contribution in [0.3, 0.4) is 0 Å². The van der Waals surface area contributed by atoms with Crippen molar-refractivity contribution >= 4 is 0 Å². The van der Waals surface area contributed by atoms with E-state index in [0.29, 0.717) is 0 Å². The van der Waals surface area contributed by atoms with Crippen LogP contribution in [0.4, 0.5) is 0 Å². The minimum absolute atomic E-state index is 0.0686. The van der Waals surface area contributed by atoms with Crippen molar-refractivity contribution in [2.75, 3.05) is 20.2 Å². The van der Waals surface area contributed by atoms with Gasteiger partial charge in [-0.15, -0.1) is 0 Å². The summed E-state index contributed by atoms with van der Waals surface area (Å²) in [5, 5.41) is 7.83. The Bertz CT molecular complexity index is 358. The quantitative estimate of drug-likeness (QED) is 0.724. The SMILES string of the molecule is CCCn1ncc(OC)c1C(C)(C)CCNCC. The van der Waals surface area contributed by atoms with Gasteiger partial charge in [-0.1, -0.05) is 27.7 Å². The molecule has 0 amide bonds. The van der Waals surface area contributed by atoms with Crippen LogP contribution < -0.4 is 10.1 Å². The van der Waals surface area contributed by atoms with Gasteiger partial charge < -0.3 is 10.1 Å². The fourth-order valence-electron chi connectivity index (χ4n) is 2.28. The molecule has 0 aliphatic rings. The van der Waals surface area contributed by atoms with Gasteiger partial charge in [0.1, 0.15) is 0 Å². The third-order valence-electron chi connectivity index (χ3n) is 3.28. The fourth-order valence-corrected chi connectivity index (χ4v) is 2.28. The second-order valence-electron chi connectivity index (χ2n) is 5.27. The molecule has 0 unspecified atom stereocenters. The first kappa shape index (κ1) is 15.0. The molecular formula is C14H27N3O. The molecule has 1 aromatic rings. The third-order valence-corrected chi connectivity index (χ3v) is 3.28. The lowest BCUT2D eigenvalue weighted by molar-refractivity contribution is 0.364. The van der Waals surface area contributed by atoms with E-state index >= 15 is 0 Å². The van der Waals surface area contributed by atoms with E-state index in [0.717, 1.165) is 38.2 Å². The lowest BCUT2D eigenvalue weighted by Crippen LogP contribution is -2.28. The summed E-state index contributed by atoms with van der Waals surface area (Å²) >= 11 is 0. The first-order valence-electron chi connectivity index (χ1n) is 6.87. The molecule has 0 fully saturated rings. The second-order valence-corrected chi connectivity index (χ2v) is 5.27. The van der Waals surface area contributed by atoms with Crippen molar-refractivity contribution in [3.8, 4) is 5.75 Å². The molecule has 0 spiro atoms. The van der Waals surface area contributed by atoms with Crippen LogP contribution in [0, 0.1) is 0 Å². The lowest BCUT2D eigenvalue weighted by Gasteiger charge is -2.27. The highest BCUT2D eigenvalue weighted by molar-refractivity contribution is 5.31. The van der Waals surface area contributed by atoms with E-state index in [1.807, 2.05) is 6.20 Å². The predicted molar refractivity (Wildman–Crippen MR) is 75.3 cm³/mol. The Labute approximate surface area is 111 Å². The summed E-state index contributed by atoms with van der Waals surface area (Å²) in [4.78, 5) is 0. The summed E-state index contributed by atoms with van der Waals surface area (Å²) in [5.41, 5.74) is 1.28. The Kier molecular flexibility index (Phi) is 5.66. The Morgan fingerprint density at radius 1 is 1.39 bits per heavy atom. The second kappa shape index (κ2) is 6.78. The highest BCUT2D eigenvalue weighted by Crippen LogP contribution is 2.34. The van der Waals surface area contributed by atoms with Crippen LogP contribution in [0.15, 0.2) is 6.20 Å². The summed E-state index contributed by atoms with van der Waals surface area (Å²) in [6.45, 7) is 11.8. The van der Waals surface area contributed by atoms with E-state index in [2.05, 4.69) is 42.8 Å². The summed E-state index contributed by atoms with van der Waals surface area (Å²) in [7, 11) is 1.72. The van der Waals surface area contributed by atoms with E-state index in [4.69, 9.17) is 4.74 Å². The standard InChI is InChI=1S/C14H27N3O/c1-6-10-17-13(12(18-5)11-16-17)14(3,4)8-9-15-7-2/h11,15H,6-10H2,1-5H3. The van der Waals surface area contributed by atoms with Gasteiger partial charge in [0.2, 0.25) is 0 Å². The van der Waals surface area contributed by atoms with Crippen molar-refractivity contribution in [1.82, 2.24) is 15.1 Å². The van der Waals surface area contributed by atoms with Crippen LogP contribution in [0.5, 0.6) is 5.75 Å². The van der Waals surface area contributed by atoms with Gasteiger partial charge in [-0.25, -0.2) is 0 Å². The Balaban J connectivity index is 2.92. The molecule has 1 N–H and O–H groups in total. The van der Waals surface area contributed by atoms with Gasteiger partial charge in [-0.3, -0.25) is 4.68 Å². The Morgan fingerprint density at radius 3 is 2.67 bits per heavy atom. The molecule has 0 bridgehead atoms. The molecule has 0 saturated heterocycles. The number of hydrogen-bond acceptors (Lipinski definition) is 3. The average Bonchev–Trinajstić information content (AvgIpc) is 2.73. The molecule has 1 aromatic heterocycles. The van der Waals surface area contributed by atoms with Gasteiger partial charge in [0, 0.05) is 12.0 Å². The molecule has 1 rings (SSSR count). The minimum Gasteiger partial charge on any atom is -0.493 e. The number of methoxy groups -OCH3 is 1. The van der Waals surface area contributed by atoms with Crippen LogP contribution in [0.1, 0.15) is 46.2 Å². The van der Waals surface area contributed by atoms with Crippen molar-refractivity contribution < 1.29 is 4.74 Å². The predicted octanol–water partition coefficient (Wildman–Crippen LogP) is 2.58. The molecule has 1 heterocycles. The fraction of sp³-hybridized carbons (Fsp3) is 0.786. The van der Waals surface area contributed by atoms with Crippen molar-refractivity contribution in [1.29, 1.82) is 0 Å². The molecule has 4 nitrogen and oxygen atoms in total. The molecular weight excluding hydrogens is 226 g/mol.